The van der Waals surface area contributed by atoms with Crippen molar-refractivity contribution >= 4 is 23.3 Å². The SMILES string of the molecule is CCNc1ncc(C(=O)NC2CCCC(CC)C2)cc1Cl. The van der Waals surface area contributed by atoms with Crippen LogP contribution in [0.25, 0.3) is 0 Å². The number of carbonyl (C=O) groups is 1. The normalized spacial score (nSPS) is 21.9. The van der Waals surface area contributed by atoms with Gasteiger partial charge in [-0.3, -0.25) is 4.79 Å². The van der Waals surface area contributed by atoms with Crippen molar-refractivity contribution in [3.63, 3.8) is 0 Å². The van der Waals surface area contributed by atoms with Crippen molar-refractivity contribution in [2.24, 2.45) is 5.92 Å². The Labute approximate surface area is 131 Å². The van der Waals surface area contributed by atoms with Crippen molar-refractivity contribution in [1.82, 2.24) is 10.3 Å². The number of aromatic nitrogens is 1. The molecule has 1 saturated carbocycles. The third kappa shape index (κ3) is 4.34. The van der Waals surface area contributed by atoms with Gasteiger partial charge in [0.15, 0.2) is 0 Å². The van der Waals surface area contributed by atoms with E-state index in [1.807, 2.05) is 6.92 Å². The summed E-state index contributed by atoms with van der Waals surface area (Å²) in [5, 5.41) is 6.67. The Morgan fingerprint density at radius 1 is 1.43 bits per heavy atom. The van der Waals surface area contributed by atoms with Crippen LogP contribution in [0.4, 0.5) is 5.82 Å². The minimum Gasteiger partial charge on any atom is -0.369 e. The average molecular weight is 310 g/mol. The monoisotopic (exact) mass is 309 g/mol. The van der Waals surface area contributed by atoms with Crippen LogP contribution in [0.2, 0.25) is 5.02 Å². The average Bonchev–Trinajstić information content (AvgIpc) is 2.49. The van der Waals surface area contributed by atoms with E-state index in [0.29, 0.717) is 16.4 Å². The summed E-state index contributed by atoms with van der Waals surface area (Å²) >= 11 is 6.14. The summed E-state index contributed by atoms with van der Waals surface area (Å²) in [5.41, 5.74) is 0.528. The Morgan fingerprint density at radius 3 is 2.90 bits per heavy atom. The summed E-state index contributed by atoms with van der Waals surface area (Å²) in [4.78, 5) is 16.5. The molecule has 1 heterocycles. The smallest absolute Gasteiger partial charge is 0.253 e. The van der Waals surface area contributed by atoms with Gasteiger partial charge in [0.1, 0.15) is 5.82 Å². The van der Waals surface area contributed by atoms with Gasteiger partial charge in [-0.15, -0.1) is 0 Å². The number of halogens is 1. The lowest BCUT2D eigenvalue weighted by Crippen LogP contribution is -2.38. The third-order valence-electron chi connectivity index (χ3n) is 4.14. The molecule has 2 rings (SSSR count). The summed E-state index contributed by atoms with van der Waals surface area (Å²) in [6.45, 7) is 4.95. The first kappa shape index (κ1) is 16.1. The molecule has 2 unspecified atom stereocenters. The number of nitrogens with one attached hydrogen (secondary N) is 2. The van der Waals surface area contributed by atoms with E-state index in [1.165, 1.54) is 19.3 Å². The van der Waals surface area contributed by atoms with Crippen molar-refractivity contribution < 1.29 is 4.79 Å². The second-order valence-corrected chi connectivity index (χ2v) is 6.10. The Morgan fingerprint density at radius 2 is 2.24 bits per heavy atom. The van der Waals surface area contributed by atoms with Crippen LogP contribution in [-0.2, 0) is 0 Å². The number of carbonyl (C=O) groups excluding carboxylic acids is 1. The van der Waals surface area contributed by atoms with Crippen molar-refractivity contribution in [2.75, 3.05) is 11.9 Å². The molecule has 0 aliphatic heterocycles. The number of nitrogens with zero attached hydrogens (tertiary/aromatic N) is 1. The lowest BCUT2D eigenvalue weighted by atomic mass is 9.84. The Kier molecular flexibility index (Phi) is 5.85. The molecule has 1 fully saturated rings. The van der Waals surface area contributed by atoms with Gasteiger partial charge in [-0.2, -0.15) is 0 Å². The van der Waals surface area contributed by atoms with E-state index >= 15 is 0 Å². The van der Waals surface area contributed by atoms with Gasteiger partial charge in [0.05, 0.1) is 10.6 Å². The Bertz CT molecular complexity index is 492. The lowest BCUT2D eigenvalue weighted by Gasteiger charge is -2.29. The van der Waals surface area contributed by atoms with Gasteiger partial charge in [0, 0.05) is 18.8 Å². The van der Waals surface area contributed by atoms with Gasteiger partial charge >= 0.3 is 0 Å². The van der Waals surface area contributed by atoms with Crippen molar-refractivity contribution in [3.05, 3.63) is 22.8 Å². The molecule has 116 valence electrons. The maximum Gasteiger partial charge on any atom is 0.253 e. The zero-order valence-electron chi connectivity index (χ0n) is 12.8. The molecule has 1 aromatic rings. The maximum atomic E-state index is 12.3. The highest BCUT2D eigenvalue weighted by molar-refractivity contribution is 6.33. The third-order valence-corrected chi connectivity index (χ3v) is 4.43. The molecule has 2 atom stereocenters. The number of pyridine rings is 1. The molecule has 1 aliphatic rings. The van der Waals surface area contributed by atoms with Crippen molar-refractivity contribution in [1.29, 1.82) is 0 Å². The molecular formula is C16H24ClN3O. The molecule has 0 bridgehead atoms. The second-order valence-electron chi connectivity index (χ2n) is 5.70. The molecule has 4 nitrogen and oxygen atoms in total. The van der Waals surface area contributed by atoms with E-state index in [0.717, 1.165) is 25.3 Å². The van der Waals surface area contributed by atoms with Crippen LogP contribution in [0, 0.1) is 5.92 Å². The van der Waals surface area contributed by atoms with Crippen LogP contribution in [-0.4, -0.2) is 23.5 Å². The van der Waals surface area contributed by atoms with E-state index in [9.17, 15) is 4.79 Å². The molecular weight excluding hydrogens is 286 g/mol. The van der Waals surface area contributed by atoms with E-state index < -0.39 is 0 Å². The van der Waals surface area contributed by atoms with Crippen LogP contribution in [0.5, 0.6) is 0 Å². The number of anilines is 1. The Hall–Kier alpha value is -1.29. The van der Waals surface area contributed by atoms with Gasteiger partial charge in [-0.25, -0.2) is 4.98 Å². The number of rotatable bonds is 5. The van der Waals surface area contributed by atoms with Crippen LogP contribution in [0.15, 0.2) is 12.3 Å². The van der Waals surface area contributed by atoms with E-state index in [4.69, 9.17) is 11.6 Å². The van der Waals surface area contributed by atoms with Crippen LogP contribution >= 0.6 is 11.6 Å². The molecule has 0 spiro atoms. The highest BCUT2D eigenvalue weighted by Gasteiger charge is 2.22. The van der Waals surface area contributed by atoms with Gasteiger partial charge in [-0.05, 0) is 31.7 Å². The summed E-state index contributed by atoms with van der Waals surface area (Å²) in [5.74, 6) is 1.29. The quantitative estimate of drug-likeness (QED) is 0.868. The minimum absolute atomic E-state index is 0.0748. The van der Waals surface area contributed by atoms with Gasteiger partial charge in [-0.1, -0.05) is 37.8 Å². The molecule has 1 aliphatic carbocycles. The van der Waals surface area contributed by atoms with Crippen LogP contribution < -0.4 is 10.6 Å². The zero-order chi connectivity index (χ0) is 15.2. The summed E-state index contributed by atoms with van der Waals surface area (Å²) in [7, 11) is 0. The molecule has 1 amide bonds. The van der Waals surface area contributed by atoms with Crippen LogP contribution in [0.1, 0.15) is 56.3 Å². The molecule has 0 aromatic carbocycles. The van der Waals surface area contributed by atoms with Gasteiger partial charge in [0.2, 0.25) is 0 Å². The molecule has 21 heavy (non-hydrogen) atoms. The van der Waals surface area contributed by atoms with Gasteiger partial charge < -0.3 is 10.6 Å². The topological polar surface area (TPSA) is 54.0 Å². The lowest BCUT2D eigenvalue weighted by molar-refractivity contribution is 0.0919. The first-order chi connectivity index (χ1) is 10.1. The molecule has 2 N–H and O–H groups in total. The molecule has 0 radical (unpaired) electrons. The fraction of sp³-hybridized carbons (Fsp3) is 0.625. The second kappa shape index (κ2) is 7.64. The number of hydrogen-bond donors (Lipinski definition) is 2. The molecule has 1 aromatic heterocycles. The number of amides is 1. The first-order valence-electron chi connectivity index (χ1n) is 7.84. The van der Waals surface area contributed by atoms with Crippen molar-refractivity contribution in [3.8, 4) is 0 Å². The Balaban J connectivity index is 1.98. The highest BCUT2D eigenvalue weighted by Crippen LogP contribution is 2.27. The molecule has 5 heteroatoms. The summed E-state index contributed by atoms with van der Waals surface area (Å²) in [6.07, 6.45) is 7.41. The highest BCUT2D eigenvalue weighted by atomic mass is 35.5. The molecule has 0 saturated heterocycles. The summed E-state index contributed by atoms with van der Waals surface area (Å²) in [6, 6.07) is 1.96. The largest absolute Gasteiger partial charge is 0.369 e. The maximum absolute atomic E-state index is 12.3. The number of hydrogen-bond acceptors (Lipinski definition) is 3. The van der Waals surface area contributed by atoms with E-state index in [2.05, 4.69) is 22.5 Å². The van der Waals surface area contributed by atoms with Crippen LogP contribution in [0.3, 0.4) is 0 Å². The van der Waals surface area contributed by atoms with E-state index in [1.54, 1.807) is 12.3 Å². The predicted octanol–water partition coefficient (Wildman–Crippen LogP) is 3.87. The zero-order valence-corrected chi connectivity index (χ0v) is 13.5. The van der Waals surface area contributed by atoms with Gasteiger partial charge in [0.25, 0.3) is 5.91 Å². The minimum atomic E-state index is -0.0748. The fourth-order valence-electron chi connectivity index (χ4n) is 2.92. The summed E-state index contributed by atoms with van der Waals surface area (Å²) < 4.78 is 0. The van der Waals surface area contributed by atoms with E-state index in [-0.39, 0.29) is 11.9 Å². The van der Waals surface area contributed by atoms with Crippen molar-refractivity contribution in [2.45, 2.75) is 52.0 Å². The first-order valence-corrected chi connectivity index (χ1v) is 8.22. The standard InChI is InChI=1S/C16H24ClN3O/c1-3-11-6-5-7-13(8-11)20-16(21)12-9-14(17)15(18-4-2)19-10-12/h9-11,13H,3-8H2,1-2H3,(H,18,19)(H,20,21). The fourth-order valence-corrected chi connectivity index (χ4v) is 3.15. The predicted molar refractivity (Wildman–Crippen MR) is 86.9 cm³/mol.